The fourth-order valence-electron chi connectivity index (χ4n) is 2.02. The molecule has 22 heavy (non-hydrogen) atoms. The summed E-state index contributed by atoms with van der Waals surface area (Å²) in [5.74, 6) is -0.0750. The van der Waals surface area contributed by atoms with Crippen molar-refractivity contribution in [2.75, 3.05) is 7.05 Å². The van der Waals surface area contributed by atoms with E-state index in [4.69, 9.17) is 11.6 Å². The normalized spacial score (nSPS) is 10.6. The number of nitrogens with zero attached hydrogens (tertiary/aromatic N) is 2. The van der Waals surface area contributed by atoms with E-state index in [1.165, 1.54) is 11.3 Å². The highest BCUT2D eigenvalue weighted by molar-refractivity contribution is 7.20. The van der Waals surface area contributed by atoms with Gasteiger partial charge in [0.05, 0.1) is 4.88 Å². The Morgan fingerprint density at radius 1 is 1.23 bits per heavy atom. The summed E-state index contributed by atoms with van der Waals surface area (Å²) >= 11 is 8.99. The van der Waals surface area contributed by atoms with Crippen molar-refractivity contribution in [3.8, 4) is 9.88 Å². The smallest absolute Gasteiger partial charge is 0.273 e. The third-order valence-corrected chi connectivity index (χ3v) is 5.27. The third kappa shape index (κ3) is 3.38. The third-order valence-electron chi connectivity index (χ3n) is 3.13. The molecule has 0 fully saturated rings. The van der Waals surface area contributed by atoms with Crippen LogP contribution in [0.15, 0.2) is 47.2 Å². The topological polar surface area (TPSA) is 33.2 Å². The van der Waals surface area contributed by atoms with Crippen LogP contribution in [0.2, 0.25) is 5.02 Å². The number of hydrogen-bond donors (Lipinski definition) is 0. The molecule has 3 nitrogen and oxygen atoms in total. The van der Waals surface area contributed by atoms with Gasteiger partial charge >= 0.3 is 0 Å². The second-order valence-corrected chi connectivity index (χ2v) is 7.05. The predicted octanol–water partition coefficient (Wildman–Crippen LogP) is 4.80. The lowest BCUT2D eigenvalue weighted by molar-refractivity contribution is 0.0780. The molecule has 3 aromatic rings. The van der Waals surface area contributed by atoms with E-state index in [1.54, 1.807) is 23.3 Å². The Balaban J connectivity index is 1.72. The maximum Gasteiger partial charge on any atom is 0.273 e. The Labute approximate surface area is 141 Å². The number of rotatable bonds is 4. The first-order valence-corrected chi connectivity index (χ1v) is 8.76. The number of benzene rings is 1. The predicted molar refractivity (Wildman–Crippen MR) is 92.7 cm³/mol. The largest absolute Gasteiger partial charge is 0.336 e. The molecule has 0 bridgehead atoms. The van der Waals surface area contributed by atoms with Gasteiger partial charge in [0.25, 0.3) is 5.91 Å². The minimum atomic E-state index is -0.0750. The number of carbonyl (C=O) groups is 1. The highest BCUT2D eigenvalue weighted by atomic mass is 35.5. The monoisotopic (exact) mass is 348 g/mol. The highest BCUT2D eigenvalue weighted by Gasteiger charge is 2.16. The second-order valence-electron chi connectivity index (χ2n) is 4.80. The molecule has 1 aromatic carbocycles. The van der Waals surface area contributed by atoms with E-state index >= 15 is 0 Å². The standard InChI is InChI=1S/C16H13ClN2OS2/c1-19(9-11-4-6-12(17)7-5-11)16(20)13-10-22-15(18-13)14-3-2-8-21-14/h2-8,10H,9H2,1H3. The molecular formula is C16H13ClN2OS2. The minimum absolute atomic E-state index is 0.0750. The van der Waals surface area contributed by atoms with Crippen LogP contribution in [0.4, 0.5) is 0 Å². The van der Waals surface area contributed by atoms with E-state index in [0.717, 1.165) is 15.4 Å². The first-order valence-electron chi connectivity index (χ1n) is 6.63. The van der Waals surface area contributed by atoms with Gasteiger partial charge in [0.15, 0.2) is 0 Å². The summed E-state index contributed by atoms with van der Waals surface area (Å²) in [6.45, 7) is 0.530. The molecule has 0 unspecified atom stereocenters. The number of amides is 1. The summed E-state index contributed by atoms with van der Waals surface area (Å²) in [7, 11) is 1.78. The Morgan fingerprint density at radius 3 is 2.68 bits per heavy atom. The average Bonchev–Trinajstić information content (AvgIpc) is 3.19. The highest BCUT2D eigenvalue weighted by Crippen LogP contribution is 2.28. The van der Waals surface area contributed by atoms with Gasteiger partial charge in [0.1, 0.15) is 10.7 Å². The lowest BCUT2D eigenvalue weighted by Gasteiger charge is -2.16. The molecule has 0 atom stereocenters. The molecule has 0 spiro atoms. The van der Waals surface area contributed by atoms with Gasteiger partial charge in [0, 0.05) is 24.0 Å². The van der Waals surface area contributed by atoms with Crippen LogP contribution >= 0.6 is 34.3 Å². The first-order chi connectivity index (χ1) is 10.6. The van der Waals surface area contributed by atoms with Gasteiger partial charge in [0.2, 0.25) is 0 Å². The summed E-state index contributed by atoms with van der Waals surface area (Å²) in [6, 6.07) is 11.5. The quantitative estimate of drug-likeness (QED) is 0.678. The average molecular weight is 349 g/mol. The molecule has 0 saturated heterocycles. The van der Waals surface area contributed by atoms with Crippen molar-refractivity contribution < 1.29 is 4.79 Å². The summed E-state index contributed by atoms with van der Waals surface area (Å²) in [6.07, 6.45) is 0. The molecule has 3 rings (SSSR count). The zero-order valence-electron chi connectivity index (χ0n) is 11.8. The van der Waals surface area contributed by atoms with E-state index in [1.807, 2.05) is 47.2 Å². The Bertz CT molecular complexity index is 766. The van der Waals surface area contributed by atoms with Crippen LogP contribution in [0.1, 0.15) is 16.1 Å². The lowest BCUT2D eigenvalue weighted by Crippen LogP contribution is -2.26. The van der Waals surface area contributed by atoms with Crippen LogP contribution in [0.5, 0.6) is 0 Å². The van der Waals surface area contributed by atoms with E-state index in [9.17, 15) is 4.79 Å². The van der Waals surface area contributed by atoms with E-state index in [0.29, 0.717) is 17.3 Å². The molecule has 2 heterocycles. The number of hydrogen-bond acceptors (Lipinski definition) is 4. The van der Waals surface area contributed by atoms with Gasteiger partial charge in [-0.1, -0.05) is 29.8 Å². The van der Waals surface area contributed by atoms with Crippen LogP contribution in [0.3, 0.4) is 0 Å². The SMILES string of the molecule is CN(Cc1ccc(Cl)cc1)C(=O)c1csc(-c2cccs2)n1. The van der Waals surface area contributed by atoms with Crippen molar-refractivity contribution >= 4 is 40.2 Å². The van der Waals surface area contributed by atoms with Gasteiger partial charge in [-0.3, -0.25) is 4.79 Å². The zero-order valence-corrected chi connectivity index (χ0v) is 14.2. The summed E-state index contributed by atoms with van der Waals surface area (Å²) in [5.41, 5.74) is 1.53. The Morgan fingerprint density at radius 2 is 2.00 bits per heavy atom. The van der Waals surface area contributed by atoms with Crippen molar-refractivity contribution in [3.63, 3.8) is 0 Å². The van der Waals surface area contributed by atoms with E-state index in [-0.39, 0.29) is 5.91 Å². The summed E-state index contributed by atoms with van der Waals surface area (Å²) < 4.78 is 0. The van der Waals surface area contributed by atoms with Gasteiger partial charge in [-0.25, -0.2) is 4.98 Å². The van der Waals surface area contributed by atoms with Crippen molar-refractivity contribution in [1.29, 1.82) is 0 Å². The fraction of sp³-hybridized carbons (Fsp3) is 0.125. The summed E-state index contributed by atoms with van der Waals surface area (Å²) in [4.78, 5) is 19.6. The molecule has 112 valence electrons. The van der Waals surface area contributed by atoms with Gasteiger partial charge < -0.3 is 4.90 Å². The Kier molecular flexibility index (Phi) is 4.57. The lowest BCUT2D eigenvalue weighted by atomic mass is 10.2. The maximum atomic E-state index is 12.4. The van der Waals surface area contributed by atoms with Gasteiger partial charge in [-0.2, -0.15) is 0 Å². The van der Waals surface area contributed by atoms with Crippen molar-refractivity contribution in [1.82, 2.24) is 9.88 Å². The first kappa shape index (κ1) is 15.2. The number of halogens is 1. The minimum Gasteiger partial charge on any atom is -0.336 e. The molecule has 0 aliphatic carbocycles. The van der Waals surface area contributed by atoms with E-state index < -0.39 is 0 Å². The van der Waals surface area contributed by atoms with Crippen LogP contribution < -0.4 is 0 Å². The molecule has 0 aliphatic rings. The van der Waals surface area contributed by atoms with Gasteiger partial charge in [-0.15, -0.1) is 22.7 Å². The van der Waals surface area contributed by atoms with Crippen molar-refractivity contribution in [3.05, 3.63) is 63.4 Å². The Hall–Kier alpha value is -1.69. The molecular weight excluding hydrogens is 336 g/mol. The fourth-order valence-corrected chi connectivity index (χ4v) is 3.75. The zero-order chi connectivity index (χ0) is 15.5. The molecule has 0 radical (unpaired) electrons. The molecule has 0 saturated carbocycles. The van der Waals surface area contributed by atoms with Crippen molar-refractivity contribution in [2.24, 2.45) is 0 Å². The molecule has 1 amide bonds. The number of carbonyl (C=O) groups excluding carboxylic acids is 1. The van der Waals surface area contributed by atoms with Crippen molar-refractivity contribution in [2.45, 2.75) is 6.54 Å². The number of thiazole rings is 1. The number of aromatic nitrogens is 1. The second kappa shape index (κ2) is 6.60. The molecule has 0 N–H and O–H groups in total. The molecule has 2 aromatic heterocycles. The van der Waals surface area contributed by atoms with Crippen LogP contribution in [-0.4, -0.2) is 22.8 Å². The maximum absolute atomic E-state index is 12.4. The van der Waals surface area contributed by atoms with Gasteiger partial charge in [-0.05, 0) is 29.1 Å². The van der Waals surface area contributed by atoms with Crippen LogP contribution in [-0.2, 0) is 6.54 Å². The molecule has 0 aliphatic heterocycles. The number of thiophene rings is 1. The summed E-state index contributed by atoms with van der Waals surface area (Å²) in [5, 5.41) is 5.40. The molecule has 6 heteroatoms. The van der Waals surface area contributed by atoms with E-state index in [2.05, 4.69) is 4.98 Å². The van der Waals surface area contributed by atoms with Crippen LogP contribution in [0, 0.1) is 0 Å². The van der Waals surface area contributed by atoms with Crippen LogP contribution in [0.25, 0.3) is 9.88 Å².